The molecule has 0 aromatic heterocycles. The molecule has 1 rings (SSSR count). The minimum absolute atomic E-state index is 0.00756. The molecule has 96 valence electrons. The molecule has 1 aromatic rings. The second kappa shape index (κ2) is 6.59. The van der Waals surface area contributed by atoms with Gasteiger partial charge in [0.05, 0.1) is 13.7 Å². The van der Waals surface area contributed by atoms with E-state index < -0.39 is 0 Å². The van der Waals surface area contributed by atoms with Crippen molar-refractivity contribution in [1.29, 1.82) is 0 Å². The Kier molecular flexibility index (Phi) is 5.41. The van der Waals surface area contributed by atoms with Crippen molar-refractivity contribution < 1.29 is 9.84 Å². The maximum atomic E-state index is 8.82. The van der Waals surface area contributed by atoms with E-state index in [9.17, 15) is 0 Å². The first kappa shape index (κ1) is 14.0. The van der Waals surface area contributed by atoms with Gasteiger partial charge in [-0.1, -0.05) is 6.07 Å². The van der Waals surface area contributed by atoms with E-state index in [4.69, 9.17) is 15.6 Å². The summed E-state index contributed by atoms with van der Waals surface area (Å²) in [5.74, 6) is 0.915. The van der Waals surface area contributed by atoms with Crippen LogP contribution in [-0.2, 0) is 6.54 Å². The number of hydrogen-bond donors (Lipinski definition) is 3. The molecular formula is C13H22N2O2. The summed E-state index contributed by atoms with van der Waals surface area (Å²) >= 11 is 0. The Bertz CT molecular complexity index is 367. The molecule has 0 aliphatic rings. The van der Waals surface area contributed by atoms with Crippen LogP contribution in [0.15, 0.2) is 12.1 Å². The third-order valence-corrected chi connectivity index (χ3v) is 3.03. The fourth-order valence-corrected chi connectivity index (χ4v) is 1.72. The zero-order valence-electron chi connectivity index (χ0n) is 10.8. The molecule has 1 atom stereocenters. The minimum atomic E-state index is -0.199. The monoisotopic (exact) mass is 238 g/mol. The molecule has 0 spiro atoms. The Morgan fingerprint density at radius 1 is 1.35 bits per heavy atom. The van der Waals surface area contributed by atoms with Crippen LogP contribution in [0.1, 0.15) is 16.7 Å². The van der Waals surface area contributed by atoms with Crippen LogP contribution < -0.4 is 15.8 Å². The molecule has 17 heavy (non-hydrogen) atoms. The number of aliphatic hydroxyl groups excluding tert-OH is 1. The molecule has 0 aliphatic carbocycles. The van der Waals surface area contributed by atoms with E-state index in [1.165, 1.54) is 16.7 Å². The van der Waals surface area contributed by atoms with Crippen molar-refractivity contribution in [2.75, 3.05) is 20.3 Å². The number of methoxy groups -OCH3 is 1. The minimum Gasteiger partial charge on any atom is -0.496 e. The lowest BCUT2D eigenvalue weighted by molar-refractivity contribution is 0.262. The van der Waals surface area contributed by atoms with Gasteiger partial charge in [-0.25, -0.2) is 0 Å². The molecule has 4 nitrogen and oxygen atoms in total. The van der Waals surface area contributed by atoms with E-state index in [1.54, 1.807) is 7.11 Å². The van der Waals surface area contributed by atoms with E-state index in [0.717, 1.165) is 12.3 Å². The molecule has 0 aliphatic heterocycles. The normalized spacial score (nSPS) is 12.5. The molecule has 0 heterocycles. The molecule has 4 N–H and O–H groups in total. The molecule has 0 fully saturated rings. The highest BCUT2D eigenvalue weighted by atomic mass is 16.5. The topological polar surface area (TPSA) is 67.5 Å². The Morgan fingerprint density at radius 2 is 2.06 bits per heavy atom. The van der Waals surface area contributed by atoms with Crippen LogP contribution in [0.5, 0.6) is 5.75 Å². The van der Waals surface area contributed by atoms with Gasteiger partial charge in [0.15, 0.2) is 0 Å². The predicted octanol–water partition coefficient (Wildman–Crippen LogP) is 0.721. The number of nitrogens with one attached hydrogen (secondary N) is 1. The smallest absolute Gasteiger partial charge is 0.122 e. The van der Waals surface area contributed by atoms with Gasteiger partial charge in [-0.15, -0.1) is 0 Å². The van der Waals surface area contributed by atoms with Crippen molar-refractivity contribution in [3.05, 3.63) is 28.8 Å². The zero-order chi connectivity index (χ0) is 12.8. The maximum Gasteiger partial charge on any atom is 0.122 e. The number of benzene rings is 1. The zero-order valence-corrected chi connectivity index (χ0v) is 10.8. The average Bonchev–Trinajstić information content (AvgIpc) is 2.34. The molecule has 1 aromatic carbocycles. The van der Waals surface area contributed by atoms with Gasteiger partial charge in [-0.05, 0) is 36.6 Å². The van der Waals surface area contributed by atoms with Crippen LogP contribution in [0.3, 0.4) is 0 Å². The quantitative estimate of drug-likeness (QED) is 0.683. The van der Waals surface area contributed by atoms with Crippen LogP contribution in [0, 0.1) is 13.8 Å². The Balaban J connectivity index is 2.63. The lowest BCUT2D eigenvalue weighted by atomic mass is 10.0. The van der Waals surface area contributed by atoms with Gasteiger partial charge in [-0.2, -0.15) is 0 Å². The average molecular weight is 238 g/mol. The second-order valence-electron chi connectivity index (χ2n) is 4.25. The summed E-state index contributed by atoms with van der Waals surface area (Å²) < 4.78 is 5.27. The summed E-state index contributed by atoms with van der Waals surface area (Å²) in [4.78, 5) is 0. The lowest BCUT2D eigenvalue weighted by Crippen LogP contribution is -2.36. The molecular weight excluding hydrogens is 216 g/mol. The third kappa shape index (κ3) is 3.70. The number of hydrogen-bond acceptors (Lipinski definition) is 4. The molecule has 1 unspecified atom stereocenters. The van der Waals surface area contributed by atoms with Crippen LogP contribution in [0.4, 0.5) is 0 Å². The number of aliphatic hydroxyl groups is 1. The molecule has 0 bridgehead atoms. The predicted molar refractivity (Wildman–Crippen MR) is 69.2 cm³/mol. The Morgan fingerprint density at radius 3 is 2.65 bits per heavy atom. The first-order valence-corrected chi connectivity index (χ1v) is 5.80. The fraction of sp³-hybridized carbons (Fsp3) is 0.538. The van der Waals surface area contributed by atoms with Crippen molar-refractivity contribution in [2.45, 2.75) is 26.4 Å². The van der Waals surface area contributed by atoms with Crippen LogP contribution >= 0.6 is 0 Å². The van der Waals surface area contributed by atoms with E-state index >= 15 is 0 Å². The van der Waals surface area contributed by atoms with E-state index in [-0.39, 0.29) is 12.6 Å². The van der Waals surface area contributed by atoms with Crippen molar-refractivity contribution >= 4 is 0 Å². The highest BCUT2D eigenvalue weighted by Gasteiger charge is 2.06. The SMILES string of the molecule is COc1ccc(CNCC(N)CO)c(C)c1C. The van der Waals surface area contributed by atoms with Crippen LogP contribution in [0.2, 0.25) is 0 Å². The van der Waals surface area contributed by atoms with Gasteiger partial charge < -0.3 is 20.9 Å². The number of rotatable bonds is 6. The fourth-order valence-electron chi connectivity index (χ4n) is 1.72. The molecule has 0 saturated carbocycles. The van der Waals surface area contributed by atoms with E-state index in [0.29, 0.717) is 6.54 Å². The summed E-state index contributed by atoms with van der Waals surface area (Å²) in [7, 11) is 1.68. The number of ether oxygens (including phenoxy) is 1. The summed E-state index contributed by atoms with van der Waals surface area (Å²) in [6.45, 7) is 5.51. The summed E-state index contributed by atoms with van der Waals surface area (Å²) in [5, 5.41) is 12.0. The highest BCUT2D eigenvalue weighted by molar-refractivity contribution is 5.43. The van der Waals surface area contributed by atoms with E-state index in [1.807, 2.05) is 6.07 Å². The third-order valence-electron chi connectivity index (χ3n) is 3.03. The standard InChI is InChI=1S/C13H22N2O2/c1-9-10(2)13(17-3)5-4-11(9)6-15-7-12(14)8-16/h4-5,12,15-16H,6-8,14H2,1-3H3. The largest absolute Gasteiger partial charge is 0.496 e. The first-order chi connectivity index (χ1) is 8.10. The molecule has 4 heteroatoms. The van der Waals surface area contributed by atoms with Gasteiger partial charge in [-0.3, -0.25) is 0 Å². The summed E-state index contributed by atoms with van der Waals surface area (Å²) in [6.07, 6.45) is 0. The molecule has 0 saturated heterocycles. The second-order valence-corrected chi connectivity index (χ2v) is 4.25. The number of nitrogens with two attached hydrogens (primary N) is 1. The summed E-state index contributed by atoms with van der Waals surface area (Å²) in [6, 6.07) is 3.83. The van der Waals surface area contributed by atoms with Crippen LogP contribution in [-0.4, -0.2) is 31.4 Å². The maximum absolute atomic E-state index is 8.82. The van der Waals surface area contributed by atoms with Gasteiger partial charge in [0, 0.05) is 19.1 Å². The Hall–Kier alpha value is -1.10. The van der Waals surface area contributed by atoms with Crippen molar-refractivity contribution in [3.8, 4) is 5.75 Å². The van der Waals surface area contributed by atoms with Gasteiger partial charge in [0.2, 0.25) is 0 Å². The summed E-state index contributed by atoms with van der Waals surface area (Å²) in [5.41, 5.74) is 9.24. The van der Waals surface area contributed by atoms with Crippen molar-refractivity contribution in [2.24, 2.45) is 5.73 Å². The van der Waals surface area contributed by atoms with Gasteiger partial charge in [0.25, 0.3) is 0 Å². The van der Waals surface area contributed by atoms with Crippen LogP contribution in [0.25, 0.3) is 0 Å². The highest BCUT2D eigenvalue weighted by Crippen LogP contribution is 2.23. The molecule has 0 amide bonds. The van der Waals surface area contributed by atoms with E-state index in [2.05, 4.69) is 25.2 Å². The lowest BCUT2D eigenvalue weighted by Gasteiger charge is -2.14. The molecule has 0 radical (unpaired) electrons. The van der Waals surface area contributed by atoms with Crippen molar-refractivity contribution in [3.63, 3.8) is 0 Å². The Labute approximate surface area is 103 Å². The van der Waals surface area contributed by atoms with Gasteiger partial charge >= 0.3 is 0 Å². The van der Waals surface area contributed by atoms with Crippen molar-refractivity contribution in [1.82, 2.24) is 5.32 Å². The van der Waals surface area contributed by atoms with Gasteiger partial charge in [0.1, 0.15) is 5.75 Å². The first-order valence-electron chi connectivity index (χ1n) is 5.80.